The van der Waals surface area contributed by atoms with Crippen molar-refractivity contribution in [2.75, 3.05) is 26.7 Å². The van der Waals surface area contributed by atoms with E-state index in [1.807, 2.05) is 12.1 Å². The third kappa shape index (κ3) is 5.22. The van der Waals surface area contributed by atoms with Gasteiger partial charge in [0.1, 0.15) is 5.75 Å². The molecule has 1 aromatic carbocycles. The van der Waals surface area contributed by atoms with Crippen LogP contribution in [-0.2, 0) is 0 Å². The molecule has 9 heteroatoms. The lowest BCUT2D eigenvalue weighted by molar-refractivity contribution is -0.148. The first-order chi connectivity index (χ1) is 12.8. The molecule has 1 aliphatic rings. The Morgan fingerprint density at radius 2 is 2.04 bits per heavy atom. The van der Waals surface area contributed by atoms with Gasteiger partial charge < -0.3 is 10.1 Å². The van der Waals surface area contributed by atoms with E-state index in [1.54, 1.807) is 36.2 Å². The number of halogens is 3. The molecule has 1 amide bonds. The van der Waals surface area contributed by atoms with Gasteiger partial charge in [-0.2, -0.15) is 18.3 Å². The molecule has 0 radical (unpaired) electrons. The van der Waals surface area contributed by atoms with E-state index in [9.17, 15) is 18.0 Å². The van der Waals surface area contributed by atoms with Gasteiger partial charge in [0.2, 0.25) is 0 Å². The molecule has 2 heterocycles. The van der Waals surface area contributed by atoms with Gasteiger partial charge in [-0.1, -0.05) is 0 Å². The van der Waals surface area contributed by atoms with Crippen LogP contribution in [0.5, 0.6) is 5.75 Å². The lowest BCUT2D eigenvalue weighted by Gasteiger charge is -2.33. The van der Waals surface area contributed by atoms with Crippen molar-refractivity contribution < 1.29 is 22.7 Å². The zero-order chi connectivity index (χ0) is 19.4. The van der Waals surface area contributed by atoms with E-state index in [4.69, 9.17) is 4.74 Å². The Balaban J connectivity index is 1.60. The minimum absolute atomic E-state index is 0.185. The van der Waals surface area contributed by atoms with Crippen molar-refractivity contribution in [3.63, 3.8) is 0 Å². The summed E-state index contributed by atoms with van der Waals surface area (Å²) in [6, 6.07) is 8.45. The number of hydrogen-bond acceptors (Lipinski definition) is 4. The van der Waals surface area contributed by atoms with Crippen LogP contribution in [0.4, 0.5) is 13.2 Å². The molecule has 1 aliphatic heterocycles. The van der Waals surface area contributed by atoms with Gasteiger partial charge >= 0.3 is 6.18 Å². The maximum atomic E-state index is 12.6. The Labute approximate surface area is 154 Å². The van der Waals surface area contributed by atoms with Gasteiger partial charge in [-0.15, -0.1) is 0 Å². The number of piperidine rings is 1. The fraction of sp³-hybridized carbons (Fsp3) is 0.444. The van der Waals surface area contributed by atoms with Gasteiger partial charge in [0, 0.05) is 18.8 Å². The summed E-state index contributed by atoms with van der Waals surface area (Å²) in [5, 5.41) is 7.04. The third-order valence-electron chi connectivity index (χ3n) is 4.40. The molecule has 1 aromatic heterocycles. The van der Waals surface area contributed by atoms with Crippen LogP contribution in [-0.4, -0.2) is 59.5 Å². The number of likely N-dealkylation sites (tertiary alicyclic amines) is 1. The Kier molecular flexibility index (Phi) is 5.69. The van der Waals surface area contributed by atoms with Crippen LogP contribution in [0.25, 0.3) is 5.69 Å². The molecule has 2 aromatic rings. The molecule has 3 rings (SSSR count). The van der Waals surface area contributed by atoms with Crippen molar-refractivity contribution in [1.29, 1.82) is 0 Å². The van der Waals surface area contributed by atoms with Crippen LogP contribution in [0.1, 0.15) is 23.3 Å². The molecular weight excluding hydrogens is 361 g/mol. The Morgan fingerprint density at radius 3 is 2.70 bits per heavy atom. The van der Waals surface area contributed by atoms with Crippen LogP contribution in [0.2, 0.25) is 0 Å². The molecule has 1 N–H and O–H groups in total. The second-order valence-electron chi connectivity index (χ2n) is 6.51. The highest BCUT2D eigenvalue weighted by Crippen LogP contribution is 2.20. The summed E-state index contributed by atoms with van der Waals surface area (Å²) < 4.78 is 44.3. The lowest BCUT2D eigenvalue weighted by atomic mass is 10.1. The number of nitrogens with one attached hydrogen (secondary N) is 1. The molecular formula is C18H21F3N4O2. The second kappa shape index (κ2) is 7.99. The largest absolute Gasteiger partial charge is 0.497 e. The molecule has 0 bridgehead atoms. The molecule has 0 aliphatic carbocycles. The predicted molar refractivity (Wildman–Crippen MR) is 93.1 cm³/mol. The minimum Gasteiger partial charge on any atom is -0.497 e. The van der Waals surface area contributed by atoms with Gasteiger partial charge in [-0.05, 0) is 49.7 Å². The number of ether oxygens (including phenoxy) is 1. The number of alkyl halides is 3. The average molecular weight is 382 g/mol. The first kappa shape index (κ1) is 19.2. The molecule has 1 unspecified atom stereocenters. The van der Waals surface area contributed by atoms with E-state index < -0.39 is 12.7 Å². The van der Waals surface area contributed by atoms with E-state index in [-0.39, 0.29) is 24.2 Å². The average Bonchev–Trinajstić information content (AvgIpc) is 3.11. The number of rotatable bonds is 5. The monoisotopic (exact) mass is 382 g/mol. The number of nitrogens with zero attached hydrogens (tertiary/aromatic N) is 3. The molecule has 146 valence electrons. The highest BCUT2D eigenvalue weighted by Gasteiger charge is 2.33. The van der Waals surface area contributed by atoms with Crippen molar-refractivity contribution in [2.45, 2.75) is 25.1 Å². The molecule has 1 fully saturated rings. The van der Waals surface area contributed by atoms with Crippen molar-refractivity contribution in [1.82, 2.24) is 20.0 Å². The maximum absolute atomic E-state index is 12.6. The second-order valence-corrected chi connectivity index (χ2v) is 6.51. The van der Waals surface area contributed by atoms with Gasteiger partial charge in [-0.25, -0.2) is 4.68 Å². The molecule has 6 nitrogen and oxygen atoms in total. The van der Waals surface area contributed by atoms with Gasteiger partial charge in [0.05, 0.1) is 19.3 Å². The van der Waals surface area contributed by atoms with Gasteiger partial charge in [0.15, 0.2) is 5.69 Å². The maximum Gasteiger partial charge on any atom is 0.401 e. The van der Waals surface area contributed by atoms with E-state index in [0.717, 1.165) is 5.69 Å². The predicted octanol–water partition coefficient (Wildman–Crippen LogP) is 2.64. The normalized spacial score (nSPS) is 18.3. The topological polar surface area (TPSA) is 59.4 Å². The zero-order valence-corrected chi connectivity index (χ0v) is 14.9. The summed E-state index contributed by atoms with van der Waals surface area (Å²) in [4.78, 5) is 13.7. The zero-order valence-electron chi connectivity index (χ0n) is 14.9. The van der Waals surface area contributed by atoms with Crippen LogP contribution >= 0.6 is 0 Å². The van der Waals surface area contributed by atoms with Crippen molar-refractivity contribution >= 4 is 5.91 Å². The number of hydrogen-bond donors (Lipinski definition) is 1. The minimum atomic E-state index is -4.23. The summed E-state index contributed by atoms with van der Waals surface area (Å²) >= 11 is 0. The molecule has 27 heavy (non-hydrogen) atoms. The van der Waals surface area contributed by atoms with Gasteiger partial charge in [-0.3, -0.25) is 9.69 Å². The van der Waals surface area contributed by atoms with Crippen LogP contribution in [0.3, 0.4) is 0 Å². The number of carbonyl (C=O) groups is 1. The van der Waals surface area contributed by atoms with E-state index in [1.165, 1.54) is 4.90 Å². The Hall–Kier alpha value is -2.55. The van der Waals surface area contributed by atoms with E-state index >= 15 is 0 Å². The quantitative estimate of drug-likeness (QED) is 0.864. The number of amides is 1. The SMILES string of the molecule is COc1ccc(-n2ccc(C(=O)NC3CCCN(CC(F)(F)F)C3)n2)cc1. The fourth-order valence-electron chi connectivity index (χ4n) is 3.15. The summed E-state index contributed by atoms with van der Waals surface area (Å²) in [5.41, 5.74) is 0.989. The van der Waals surface area contributed by atoms with Crippen LogP contribution in [0, 0.1) is 0 Å². The number of aromatic nitrogens is 2. The lowest BCUT2D eigenvalue weighted by Crippen LogP contribution is -2.50. The van der Waals surface area contributed by atoms with Gasteiger partial charge in [0.25, 0.3) is 5.91 Å². The van der Waals surface area contributed by atoms with E-state index in [0.29, 0.717) is 25.1 Å². The number of benzene rings is 1. The first-order valence-corrected chi connectivity index (χ1v) is 8.64. The highest BCUT2D eigenvalue weighted by molar-refractivity contribution is 5.92. The van der Waals surface area contributed by atoms with Crippen LogP contribution in [0.15, 0.2) is 36.5 Å². The number of carbonyl (C=O) groups excluding carboxylic acids is 1. The number of methoxy groups -OCH3 is 1. The third-order valence-corrected chi connectivity index (χ3v) is 4.40. The smallest absolute Gasteiger partial charge is 0.401 e. The summed E-state index contributed by atoms with van der Waals surface area (Å²) in [6.07, 6.45) is -1.31. The first-order valence-electron chi connectivity index (χ1n) is 8.64. The fourth-order valence-corrected chi connectivity index (χ4v) is 3.15. The highest BCUT2D eigenvalue weighted by atomic mass is 19.4. The Bertz CT molecular complexity index is 774. The summed E-state index contributed by atoms with van der Waals surface area (Å²) in [5.74, 6) is 0.325. The van der Waals surface area contributed by atoms with Crippen molar-refractivity contribution in [3.05, 3.63) is 42.2 Å². The summed E-state index contributed by atoms with van der Waals surface area (Å²) in [7, 11) is 1.58. The van der Waals surface area contributed by atoms with Crippen molar-refractivity contribution in [3.8, 4) is 11.4 Å². The molecule has 1 saturated heterocycles. The molecule has 0 saturated carbocycles. The van der Waals surface area contributed by atoms with Crippen LogP contribution < -0.4 is 10.1 Å². The standard InChI is InChI=1S/C18H21F3N4O2/c1-27-15-6-4-14(5-7-15)25-10-8-16(23-25)17(26)22-13-3-2-9-24(11-13)12-18(19,20)21/h4-8,10,13H,2-3,9,11-12H2,1H3,(H,22,26). The van der Waals surface area contributed by atoms with E-state index in [2.05, 4.69) is 10.4 Å². The van der Waals surface area contributed by atoms with Crippen molar-refractivity contribution in [2.24, 2.45) is 0 Å². The molecule has 1 atom stereocenters. The molecule has 0 spiro atoms. The summed E-state index contributed by atoms with van der Waals surface area (Å²) in [6.45, 7) is -0.381. The Morgan fingerprint density at radius 1 is 1.30 bits per heavy atom.